The third-order valence-electron chi connectivity index (χ3n) is 2.49. The highest BCUT2D eigenvalue weighted by atomic mass is 19.1. The molecule has 0 aliphatic rings. The van der Waals surface area contributed by atoms with Gasteiger partial charge in [-0.25, -0.2) is 4.39 Å². The summed E-state index contributed by atoms with van der Waals surface area (Å²) in [5, 5.41) is 9.96. The Labute approximate surface area is 111 Å². The summed E-state index contributed by atoms with van der Waals surface area (Å²) < 4.78 is 18.3. The Bertz CT molecular complexity index is 596. The molecule has 0 saturated carbocycles. The molecule has 4 heteroatoms. The van der Waals surface area contributed by atoms with Gasteiger partial charge in [0.25, 0.3) is 0 Å². The summed E-state index contributed by atoms with van der Waals surface area (Å²) in [6.07, 6.45) is 1.48. The van der Waals surface area contributed by atoms with Crippen LogP contribution in [-0.4, -0.2) is 17.9 Å². The molecule has 0 fully saturated rings. The van der Waals surface area contributed by atoms with E-state index in [1.807, 2.05) is 6.92 Å². The predicted molar refractivity (Wildman–Crippen MR) is 72.9 cm³/mol. The highest BCUT2D eigenvalue weighted by Gasteiger charge is 2.05. The molecule has 2 rings (SSSR count). The van der Waals surface area contributed by atoms with Crippen LogP contribution in [-0.2, 0) is 0 Å². The summed E-state index contributed by atoms with van der Waals surface area (Å²) in [7, 11) is 0. The van der Waals surface area contributed by atoms with Gasteiger partial charge in [-0.1, -0.05) is 12.1 Å². The van der Waals surface area contributed by atoms with E-state index in [0.717, 1.165) is 0 Å². The molecular weight excluding hydrogens is 245 g/mol. The van der Waals surface area contributed by atoms with E-state index in [-0.39, 0.29) is 11.6 Å². The van der Waals surface area contributed by atoms with Gasteiger partial charge >= 0.3 is 0 Å². The van der Waals surface area contributed by atoms with Crippen LogP contribution in [0.3, 0.4) is 0 Å². The third-order valence-corrected chi connectivity index (χ3v) is 2.49. The molecule has 1 N–H and O–H groups in total. The van der Waals surface area contributed by atoms with Crippen LogP contribution in [0.15, 0.2) is 47.5 Å². The Morgan fingerprint density at radius 1 is 1.26 bits per heavy atom. The zero-order chi connectivity index (χ0) is 13.7. The first-order valence-electron chi connectivity index (χ1n) is 5.95. The molecule has 0 aliphatic carbocycles. The van der Waals surface area contributed by atoms with E-state index in [1.54, 1.807) is 30.3 Å². The van der Waals surface area contributed by atoms with Crippen molar-refractivity contribution in [3.05, 3.63) is 53.8 Å². The molecule has 0 spiro atoms. The SMILES string of the molecule is CCOc1cccc(C=Nc2cccc(F)c2)c1O. The summed E-state index contributed by atoms with van der Waals surface area (Å²) in [6, 6.07) is 11.1. The molecule has 0 heterocycles. The number of phenols is 1. The van der Waals surface area contributed by atoms with Crippen molar-refractivity contribution >= 4 is 11.9 Å². The van der Waals surface area contributed by atoms with E-state index in [1.165, 1.54) is 18.3 Å². The van der Waals surface area contributed by atoms with Crippen molar-refractivity contribution in [2.45, 2.75) is 6.92 Å². The molecule has 2 aromatic carbocycles. The second-order valence-corrected chi connectivity index (χ2v) is 3.87. The maximum atomic E-state index is 13.0. The number of halogens is 1. The van der Waals surface area contributed by atoms with Gasteiger partial charge in [-0.05, 0) is 37.3 Å². The first-order chi connectivity index (χ1) is 9.20. The number of para-hydroxylation sites is 1. The number of phenolic OH excluding ortho intramolecular Hbond substituents is 1. The maximum Gasteiger partial charge on any atom is 0.166 e. The van der Waals surface area contributed by atoms with Crippen LogP contribution in [0.4, 0.5) is 10.1 Å². The molecule has 19 heavy (non-hydrogen) atoms. The number of ether oxygens (including phenoxy) is 1. The zero-order valence-electron chi connectivity index (χ0n) is 10.5. The molecular formula is C15H14FNO2. The molecule has 0 atom stereocenters. The molecule has 0 unspecified atom stereocenters. The topological polar surface area (TPSA) is 41.8 Å². The van der Waals surface area contributed by atoms with Gasteiger partial charge in [0.2, 0.25) is 0 Å². The molecule has 0 radical (unpaired) electrons. The Hall–Kier alpha value is -2.36. The Kier molecular flexibility index (Phi) is 4.13. The average molecular weight is 259 g/mol. The van der Waals surface area contributed by atoms with Crippen molar-refractivity contribution in [2.75, 3.05) is 6.61 Å². The van der Waals surface area contributed by atoms with E-state index in [9.17, 15) is 9.50 Å². The van der Waals surface area contributed by atoms with E-state index in [2.05, 4.69) is 4.99 Å². The number of nitrogens with zero attached hydrogens (tertiary/aromatic N) is 1. The summed E-state index contributed by atoms with van der Waals surface area (Å²) in [5.74, 6) is 0.0946. The summed E-state index contributed by atoms with van der Waals surface area (Å²) in [4.78, 5) is 4.12. The van der Waals surface area contributed by atoms with Crippen LogP contribution in [0.5, 0.6) is 11.5 Å². The van der Waals surface area contributed by atoms with Crippen LogP contribution in [0.1, 0.15) is 12.5 Å². The van der Waals surface area contributed by atoms with E-state index in [4.69, 9.17) is 4.74 Å². The average Bonchev–Trinajstić information content (AvgIpc) is 2.40. The minimum Gasteiger partial charge on any atom is -0.504 e. The van der Waals surface area contributed by atoms with Gasteiger partial charge in [0.05, 0.1) is 12.3 Å². The highest BCUT2D eigenvalue weighted by Crippen LogP contribution is 2.29. The second kappa shape index (κ2) is 6.00. The lowest BCUT2D eigenvalue weighted by molar-refractivity contribution is 0.318. The van der Waals surface area contributed by atoms with Crippen molar-refractivity contribution in [2.24, 2.45) is 4.99 Å². The van der Waals surface area contributed by atoms with Crippen molar-refractivity contribution in [3.63, 3.8) is 0 Å². The molecule has 0 aliphatic heterocycles. The van der Waals surface area contributed by atoms with Crippen molar-refractivity contribution in [3.8, 4) is 11.5 Å². The van der Waals surface area contributed by atoms with Gasteiger partial charge in [0.1, 0.15) is 5.82 Å². The van der Waals surface area contributed by atoms with Crippen molar-refractivity contribution in [1.82, 2.24) is 0 Å². The molecule has 0 saturated heterocycles. The van der Waals surface area contributed by atoms with Crippen LogP contribution in [0.25, 0.3) is 0 Å². The van der Waals surface area contributed by atoms with E-state index in [0.29, 0.717) is 23.6 Å². The van der Waals surface area contributed by atoms with Gasteiger partial charge in [-0.15, -0.1) is 0 Å². The van der Waals surface area contributed by atoms with E-state index < -0.39 is 0 Å². The van der Waals surface area contributed by atoms with E-state index >= 15 is 0 Å². The Morgan fingerprint density at radius 2 is 2.05 bits per heavy atom. The molecule has 0 amide bonds. The molecule has 98 valence electrons. The maximum absolute atomic E-state index is 13.0. The lowest BCUT2D eigenvalue weighted by Gasteiger charge is -2.07. The smallest absolute Gasteiger partial charge is 0.166 e. The fourth-order valence-corrected chi connectivity index (χ4v) is 1.62. The van der Waals surface area contributed by atoms with Crippen LogP contribution in [0.2, 0.25) is 0 Å². The Morgan fingerprint density at radius 3 is 2.79 bits per heavy atom. The normalized spacial score (nSPS) is 10.8. The number of hydrogen-bond acceptors (Lipinski definition) is 3. The lowest BCUT2D eigenvalue weighted by atomic mass is 10.2. The fourth-order valence-electron chi connectivity index (χ4n) is 1.62. The van der Waals surface area contributed by atoms with Gasteiger partial charge in [0, 0.05) is 11.8 Å². The summed E-state index contributed by atoms with van der Waals surface area (Å²) >= 11 is 0. The fraction of sp³-hybridized carbons (Fsp3) is 0.133. The van der Waals surface area contributed by atoms with Gasteiger partial charge in [0.15, 0.2) is 11.5 Å². The molecule has 0 aromatic heterocycles. The summed E-state index contributed by atoms with van der Waals surface area (Å²) in [6.45, 7) is 2.31. The largest absolute Gasteiger partial charge is 0.504 e. The third kappa shape index (κ3) is 3.31. The number of hydrogen-bond donors (Lipinski definition) is 1. The predicted octanol–water partition coefficient (Wildman–Crippen LogP) is 3.68. The first-order valence-corrected chi connectivity index (χ1v) is 5.95. The monoisotopic (exact) mass is 259 g/mol. The number of benzene rings is 2. The number of aliphatic imine (C=N–C) groups is 1. The Balaban J connectivity index is 2.26. The minimum atomic E-state index is -0.345. The highest BCUT2D eigenvalue weighted by molar-refractivity contribution is 5.86. The standard InChI is InChI=1S/C15H14FNO2/c1-2-19-14-8-3-5-11(15(14)18)10-17-13-7-4-6-12(16)9-13/h3-10,18H,2H2,1H3. The van der Waals surface area contributed by atoms with Crippen LogP contribution < -0.4 is 4.74 Å². The first kappa shape index (κ1) is 13.1. The minimum absolute atomic E-state index is 0.0319. The summed E-state index contributed by atoms with van der Waals surface area (Å²) in [5.41, 5.74) is 1.01. The lowest BCUT2D eigenvalue weighted by Crippen LogP contribution is -1.93. The van der Waals surface area contributed by atoms with Crippen molar-refractivity contribution < 1.29 is 14.2 Å². The van der Waals surface area contributed by atoms with Crippen molar-refractivity contribution in [1.29, 1.82) is 0 Å². The number of rotatable bonds is 4. The molecule has 2 aromatic rings. The van der Waals surface area contributed by atoms with Gasteiger partial charge < -0.3 is 9.84 Å². The zero-order valence-corrected chi connectivity index (χ0v) is 10.5. The molecule has 3 nitrogen and oxygen atoms in total. The van der Waals surface area contributed by atoms with Crippen LogP contribution >= 0.6 is 0 Å². The molecule has 0 bridgehead atoms. The quantitative estimate of drug-likeness (QED) is 0.851. The van der Waals surface area contributed by atoms with Crippen LogP contribution in [0, 0.1) is 5.82 Å². The number of aromatic hydroxyl groups is 1. The van der Waals surface area contributed by atoms with Gasteiger partial charge in [-0.2, -0.15) is 0 Å². The second-order valence-electron chi connectivity index (χ2n) is 3.87. The van der Waals surface area contributed by atoms with Gasteiger partial charge in [-0.3, -0.25) is 4.99 Å².